The smallest absolute Gasteiger partial charge is 0.237 e. The van der Waals surface area contributed by atoms with E-state index in [0.29, 0.717) is 18.7 Å². The summed E-state index contributed by atoms with van der Waals surface area (Å²) in [6.07, 6.45) is 0.530. The second-order valence-electron chi connectivity index (χ2n) is 4.29. The molecule has 0 spiro atoms. The van der Waals surface area contributed by atoms with Crippen molar-refractivity contribution in [2.75, 3.05) is 17.4 Å². The first-order chi connectivity index (χ1) is 8.39. The number of benzene rings is 1. The summed E-state index contributed by atoms with van der Waals surface area (Å²) >= 11 is 0. The first-order valence-corrected chi connectivity index (χ1v) is 7.37. The van der Waals surface area contributed by atoms with Crippen LogP contribution in [0.25, 0.3) is 0 Å². The fraction of sp³-hybridized carbons (Fsp3) is 0.500. The minimum atomic E-state index is -3.47. The van der Waals surface area contributed by atoms with Crippen LogP contribution in [-0.2, 0) is 10.0 Å². The van der Waals surface area contributed by atoms with Crippen LogP contribution in [0.3, 0.4) is 0 Å². The Morgan fingerprint density at radius 1 is 1.39 bits per heavy atom. The van der Waals surface area contributed by atoms with Crippen LogP contribution in [0, 0.1) is 5.82 Å². The van der Waals surface area contributed by atoms with Gasteiger partial charge in [-0.05, 0) is 45.0 Å². The Kier molecular flexibility index (Phi) is 5.10. The average Bonchev–Trinajstić information content (AvgIpc) is 2.29. The SMILES string of the molecule is CC(C)S(=O)(=O)N(CCCN)c1cccc(F)c1. The van der Waals surface area contributed by atoms with Crippen molar-refractivity contribution in [1.29, 1.82) is 0 Å². The molecule has 0 atom stereocenters. The van der Waals surface area contributed by atoms with Crippen molar-refractivity contribution in [3.05, 3.63) is 30.1 Å². The van der Waals surface area contributed by atoms with Crippen molar-refractivity contribution in [3.63, 3.8) is 0 Å². The molecule has 0 saturated heterocycles. The highest BCUT2D eigenvalue weighted by atomic mass is 32.2. The van der Waals surface area contributed by atoms with E-state index in [1.165, 1.54) is 22.5 Å². The average molecular weight is 274 g/mol. The molecule has 0 fully saturated rings. The number of anilines is 1. The van der Waals surface area contributed by atoms with Gasteiger partial charge in [0.25, 0.3) is 0 Å². The van der Waals surface area contributed by atoms with Gasteiger partial charge in [-0.15, -0.1) is 0 Å². The molecule has 1 aromatic rings. The molecule has 0 unspecified atom stereocenters. The first-order valence-electron chi connectivity index (χ1n) is 5.86. The number of nitrogens with two attached hydrogens (primary N) is 1. The van der Waals surface area contributed by atoms with E-state index < -0.39 is 21.1 Å². The Morgan fingerprint density at radius 2 is 2.06 bits per heavy atom. The molecule has 4 nitrogen and oxygen atoms in total. The highest BCUT2D eigenvalue weighted by Gasteiger charge is 2.25. The summed E-state index contributed by atoms with van der Waals surface area (Å²) in [5, 5.41) is -0.557. The van der Waals surface area contributed by atoms with Gasteiger partial charge < -0.3 is 5.73 Å². The van der Waals surface area contributed by atoms with E-state index in [-0.39, 0.29) is 6.54 Å². The number of hydrogen-bond donors (Lipinski definition) is 1. The molecule has 0 amide bonds. The Hall–Kier alpha value is -1.14. The Balaban J connectivity index is 3.14. The maximum Gasteiger partial charge on any atom is 0.237 e. The second-order valence-corrected chi connectivity index (χ2v) is 6.70. The van der Waals surface area contributed by atoms with E-state index in [9.17, 15) is 12.8 Å². The third kappa shape index (κ3) is 3.43. The van der Waals surface area contributed by atoms with Gasteiger partial charge in [-0.3, -0.25) is 4.31 Å². The van der Waals surface area contributed by atoms with Gasteiger partial charge in [0.2, 0.25) is 10.0 Å². The first kappa shape index (κ1) is 14.9. The van der Waals surface area contributed by atoms with Crippen LogP contribution < -0.4 is 10.0 Å². The van der Waals surface area contributed by atoms with Gasteiger partial charge in [-0.25, -0.2) is 12.8 Å². The maximum absolute atomic E-state index is 13.2. The third-order valence-electron chi connectivity index (χ3n) is 2.56. The van der Waals surface area contributed by atoms with E-state index in [0.717, 1.165) is 0 Å². The third-order valence-corrected chi connectivity index (χ3v) is 4.76. The molecule has 2 N–H and O–H groups in total. The van der Waals surface area contributed by atoms with Crippen LogP contribution >= 0.6 is 0 Å². The molecule has 1 aromatic carbocycles. The molecule has 0 heterocycles. The highest BCUT2D eigenvalue weighted by Crippen LogP contribution is 2.21. The monoisotopic (exact) mass is 274 g/mol. The Morgan fingerprint density at radius 3 is 2.56 bits per heavy atom. The van der Waals surface area contributed by atoms with E-state index >= 15 is 0 Å². The molecule has 1 rings (SSSR count). The molecule has 0 bridgehead atoms. The molecule has 0 aliphatic carbocycles. The lowest BCUT2D eigenvalue weighted by atomic mass is 10.3. The van der Waals surface area contributed by atoms with Crippen LogP contribution in [0.15, 0.2) is 24.3 Å². The van der Waals surface area contributed by atoms with Crippen LogP contribution in [0.5, 0.6) is 0 Å². The molecular weight excluding hydrogens is 255 g/mol. The minimum absolute atomic E-state index is 0.264. The Bertz CT molecular complexity index is 489. The van der Waals surface area contributed by atoms with Crippen LogP contribution in [0.2, 0.25) is 0 Å². The van der Waals surface area contributed by atoms with Crippen LogP contribution in [0.1, 0.15) is 20.3 Å². The number of sulfonamides is 1. The molecule has 0 saturated carbocycles. The molecule has 0 aliphatic rings. The van der Waals surface area contributed by atoms with E-state index in [1.54, 1.807) is 19.9 Å². The fourth-order valence-electron chi connectivity index (χ4n) is 1.52. The fourth-order valence-corrected chi connectivity index (χ4v) is 2.82. The number of nitrogens with zero attached hydrogens (tertiary/aromatic N) is 1. The summed E-state index contributed by atoms with van der Waals surface area (Å²) in [6.45, 7) is 3.86. The number of hydrogen-bond acceptors (Lipinski definition) is 3. The van der Waals surface area contributed by atoms with E-state index in [4.69, 9.17) is 5.73 Å². The van der Waals surface area contributed by atoms with Gasteiger partial charge >= 0.3 is 0 Å². The summed E-state index contributed by atoms with van der Waals surface area (Å²) in [6, 6.07) is 5.58. The van der Waals surface area contributed by atoms with Gasteiger partial charge in [0.15, 0.2) is 0 Å². The summed E-state index contributed by atoms with van der Waals surface area (Å²) in [4.78, 5) is 0. The van der Waals surface area contributed by atoms with E-state index in [2.05, 4.69) is 0 Å². The predicted octanol–water partition coefficient (Wildman–Crippen LogP) is 1.72. The Labute approximate surface area is 108 Å². The van der Waals surface area contributed by atoms with Gasteiger partial charge in [0, 0.05) is 6.54 Å². The molecule has 0 aliphatic heterocycles. The van der Waals surface area contributed by atoms with Crippen molar-refractivity contribution >= 4 is 15.7 Å². The molecule has 6 heteroatoms. The molecule has 0 aromatic heterocycles. The lowest BCUT2D eigenvalue weighted by Gasteiger charge is -2.26. The zero-order valence-corrected chi connectivity index (χ0v) is 11.5. The maximum atomic E-state index is 13.2. The number of halogens is 1. The van der Waals surface area contributed by atoms with Crippen molar-refractivity contribution in [1.82, 2.24) is 0 Å². The normalized spacial score (nSPS) is 11.8. The van der Waals surface area contributed by atoms with Crippen molar-refractivity contribution in [3.8, 4) is 0 Å². The number of rotatable bonds is 6. The summed E-state index contributed by atoms with van der Waals surface area (Å²) in [7, 11) is -3.47. The van der Waals surface area contributed by atoms with Crippen LogP contribution in [-0.4, -0.2) is 26.8 Å². The minimum Gasteiger partial charge on any atom is -0.330 e. The topological polar surface area (TPSA) is 63.4 Å². The van der Waals surface area contributed by atoms with Crippen molar-refractivity contribution in [2.24, 2.45) is 5.73 Å². The zero-order valence-electron chi connectivity index (χ0n) is 10.6. The zero-order chi connectivity index (χ0) is 13.8. The molecule has 18 heavy (non-hydrogen) atoms. The largest absolute Gasteiger partial charge is 0.330 e. The highest BCUT2D eigenvalue weighted by molar-refractivity contribution is 7.93. The molecular formula is C12H19FN2O2S. The molecule has 0 radical (unpaired) electrons. The van der Waals surface area contributed by atoms with Gasteiger partial charge in [-0.1, -0.05) is 6.07 Å². The lowest BCUT2D eigenvalue weighted by Crippen LogP contribution is -2.37. The van der Waals surface area contributed by atoms with Crippen molar-refractivity contribution in [2.45, 2.75) is 25.5 Å². The molecule has 102 valence electrons. The summed E-state index contributed by atoms with van der Waals surface area (Å²) in [5.41, 5.74) is 5.75. The van der Waals surface area contributed by atoms with Crippen molar-refractivity contribution < 1.29 is 12.8 Å². The van der Waals surface area contributed by atoms with Gasteiger partial charge in [0.1, 0.15) is 5.82 Å². The quantitative estimate of drug-likeness (QED) is 0.859. The van der Waals surface area contributed by atoms with Gasteiger partial charge in [0.05, 0.1) is 10.9 Å². The van der Waals surface area contributed by atoms with Crippen LogP contribution in [0.4, 0.5) is 10.1 Å². The lowest BCUT2D eigenvalue weighted by molar-refractivity contribution is 0.580. The summed E-state index contributed by atoms with van der Waals surface area (Å²) < 4.78 is 38.8. The summed E-state index contributed by atoms with van der Waals surface area (Å²) in [5.74, 6) is -0.454. The van der Waals surface area contributed by atoms with Gasteiger partial charge in [-0.2, -0.15) is 0 Å². The second kappa shape index (κ2) is 6.15. The van der Waals surface area contributed by atoms with E-state index in [1.807, 2.05) is 0 Å². The predicted molar refractivity (Wildman–Crippen MR) is 71.5 cm³/mol. The standard InChI is InChI=1S/C12H19FN2O2S/c1-10(2)18(16,17)15(8-4-7-14)12-6-3-5-11(13)9-12/h3,5-6,9-10H,4,7-8,14H2,1-2H3.